The molecule has 67 heavy (non-hydrogen) atoms. The Labute approximate surface area is 414 Å². The summed E-state index contributed by atoms with van der Waals surface area (Å²) in [6.45, 7) is 6.34. The molecule has 6 nitrogen and oxygen atoms in total. The van der Waals surface area contributed by atoms with Crippen LogP contribution in [0.2, 0.25) is 0 Å². The number of carbonyl (C=O) groups excluding carboxylic acids is 3. The van der Waals surface area contributed by atoms with Gasteiger partial charge >= 0.3 is 17.9 Å². The lowest BCUT2D eigenvalue weighted by Gasteiger charge is -2.18. The van der Waals surface area contributed by atoms with Gasteiger partial charge in [-0.3, -0.25) is 14.4 Å². The second-order valence-corrected chi connectivity index (χ2v) is 18.4. The molecule has 0 saturated heterocycles. The Balaban J connectivity index is 4.33. The van der Waals surface area contributed by atoms with E-state index >= 15 is 0 Å². The lowest BCUT2D eigenvalue weighted by atomic mass is 10.0. The third-order valence-corrected chi connectivity index (χ3v) is 11.9. The maximum atomic E-state index is 12.8. The highest BCUT2D eigenvalue weighted by molar-refractivity contribution is 5.71. The van der Waals surface area contributed by atoms with E-state index in [2.05, 4.69) is 93.7 Å². The predicted molar refractivity (Wildman–Crippen MR) is 288 cm³/mol. The molecule has 0 N–H and O–H groups in total. The molecule has 0 aliphatic rings. The summed E-state index contributed by atoms with van der Waals surface area (Å²) in [5.74, 6) is -1.02. The smallest absolute Gasteiger partial charge is 0.306 e. The summed E-state index contributed by atoms with van der Waals surface area (Å²) in [5.41, 5.74) is 0. The van der Waals surface area contributed by atoms with Crippen LogP contribution in [0.25, 0.3) is 0 Å². The van der Waals surface area contributed by atoms with Gasteiger partial charge in [-0.1, -0.05) is 254 Å². The number of hydrogen-bond donors (Lipinski definition) is 0. The molecule has 1 unspecified atom stereocenters. The monoisotopic (exact) mass is 933 g/mol. The van der Waals surface area contributed by atoms with E-state index in [1.165, 1.54) is 128 Å². The number of unbranched alkanes of at least 4 members (excludes halogenated alkanes) is 25. The fourth-order valence-corrected chi connectivity index (χ4v) is 7.77. The normalized spacial score (nSPS) is 12.7. The second-order valence-electron chi connectivity index (χ2n) is 18.4. The molecule has 0 aliphatic heterocycles. The molecule has 0 aromatic carbocycles. The summed E-state index contributed by atoms with van der Waals surface area (Å²) >= 11 is 0. The fraction of sp³-hybridized carbons (Fsp3) is 0.721. The zero-order valence-corrected chi connectivity index (χ0v) is 43.9. The first-order chi connectivity index (χ1) is 33.0. The minimum atomic E-state index is -0.825. The fourth-order valence-electron chi connectivity index (χ4n) is 7.77. The quantitative estimate of drug-likeness (QED) is 0.0262. The molecule has 0 saturated carbocycles. The van der Waals surface area contributed by atoms with E-state index < -0.39 is 12.1 Å². The average molecular weight is 933 g/mol. The lowest BCUT2D eigenvalue weighted by Crippen LogP contribution is -2.30. The molecule has 6 heteroatoms. The van der Waals surface area contributed by atoms with Gasteiger partial charge in [0.05, 0.1) is 0 Å². The van der Waals surface area contributed by atoms with Crippen molar-refractivity contribution in [2.75, 3.05) is 13.2 Å². The van der Waals surface area contributed by atoms with E-state index in [0.717, 1.165) is 89.9 Å². The van der Waals surface area contributed by atoms with Crippen molar-refractivity contribution in [1.29, 1.82) is 0 Å². The Hall–Kier alpha value is -3.41. The van der Waals surface area contributed by atoms with Gasteiger partial charge in [0.1, 0.15) is 13.2 Å². The Morgan fingerprint density at radius 3 is 0.970 bits per heavy atom. The molecular formula is C61H104O6. The Bertz CT molecular complexity index is 1300. The zero-order valence-electron chi connectivity index (χ0n) is 43.9. The van der Waals surface area contributed by atoms with E-state index in [1.807, 2.05) is 12.2 Å². The predicted octanol–water partition coefficient (Wildman–Crippen LogP) is 18.8. The van der Waals surface area contributed by atoms with Gasteiger partial charge < -0.3 is 14.2 Å². The van der Waals surface area contributed by atoms with Crippen molar-refractivity contribution in [2.24, 2.45) is 0 Å². The third kappa shape index (κ3) is 53.4. The molecule has 0 radical (unpaired) electrons. The molecule has 1 atom stereocenters. The molecule has 0 spiro atoms. The summed E-state index contributed by atoms with van der Waals surface area (Å²) in [6.07, 6.45) is 71.8. The van der Waals surface area contributed by atoms with E-state index in [0.29, 0.717) is 19.3 Å². The van der Waals surface area contributed by atoms with Crippen LogP contribution in [0.1, 0.15) is 265 Å². The standard InChI is InChI=1S/C61H104O6/c1-4-7-10-13-16-19-22-25-26-27-28-29-30-31-32-33-34-37-39-42-45-48-51-54-60(63)66-57-58(67-61(64)55-52-49-46-43-40-36-24-21-18-15-12-9-6-3)56-65-59(62)53-50-47-44-41-38-35-23-20-17-14-11-8-5-2/h8-9,11-12,17-18,20-21,35-36,38,40,46,49,58H,4-7,10,13-16,19,22-34,37,39,41-45,47-48,50-57H2,1-3H3/b11-8-,12-9-,20-17-,21-18-,38-35-,40-36-,49-46-. The van der Waals surface area contributed by atoms with Crippen LogP contribution in [-0.2, 0) is 28.6 Å². The maximum Gasteiger partial charge on any atom is 0.306 e. The minimum Gasteiger partial charge on any atom is -0.462 e. The molecule has 384 valence electrons. The topological polar surface area (TPSA) is 78.9 Å². The Morgan fingerprint density at radius 1 is 0.313 bits per heavy atom. The van der Waals surface area contributed by atoms with Crippen LogP contribution in [-0.4, -0.2) is 37.2 Å². The highest BCUT2D eigenvalue weighted by Crippen LogP contribution is 2.16. The van der Waals surface area contributed by atoms with Crippen LogP contribution in [0, 0.1) is 0 Å². The average Bonchev–Trinajstić information content (AvgIpc) is 3.33. The van der Waals surface area contributed by atoms with E-state index in [-0.39, 0.29) is 31.6 Å². The van der Waals surface area contributed by atoms with Crippen LogP contribution in [0.3, 0.4) is 0 Å². The number of hydrogen-bond acceptors (Lipinski definition) is 6. The van der Waals surface area contributed by atoms with Gasteiger partial charge in [-0.15, -0.1) is 0 Å². The summed E-state index contributed by atoms with van der Waals surface area (Å²) in [5, 5.41) is 0. The van der Waals surface area contributed by atoms with Crippen molar-refractivity contribution in [1.82, 2.24) is 0 Å². The summed E-state index contributed by atoms with van der Waals surface area (Å²) < 4.78 is 16.7. The molecule has 0 aromatic rings. The van der Waals surface area contributed by atoms with Gasteiger partial charge in [0.15, 0.2) is 6.10 Å². The lowest BCUT2D eigenvalue weighted by molar-refractivity contribution is -0.166. The second kappa shape index (κ2) is 55.2. The number of carbonyl (C=O) groups is 3. The van der Waals surface area contributed by atoms with Crippen LogP contribution < -0.4 is 0 Å². The number of esters is 3. The van der Waals surface area contributed by atoms with E-state index in [1.54, 1.807) is 0 Å². The van der Waals surface area contributed by atoms with Crippen LogP contribution in [0.5, 0.6) is 0 Å². The largest absolute Gasteiger partial charge is 0.462 e. The van der Waals surface area contributed by atoms with E-state index in [9.17, 15) is 14.4 Å². The Morgan fingerprint density at radius 2 is 0.612 bits per heavy atom. The first-order valence-electron chi connectivity index (χ1n) is 28.1. The van der Waals surface area contributed by atoms with Gasteiger partial charge in [-0.25, -0.2) is 0 Å². The highest BCUT2D eigenvalue weighted by atomic mass is 16.6. The molecular weight excluding hydrogens is 829 g/mol. The van der Waals surface area contributed by atoms with Gasteiger partial charge in [0.25, 0.3) is 0 Å². The maximum absolute atomic E-state index is 12.8. The molecule has 0 heterocycles. The van der Waals surface area contributed by atoms with Gasteiger partial charge in [-0.2, -0.15) is 0 Å². The number of rotatable bonds is 50. The van der Waals surface area contributed by atoms with Crippen LogP contribution in [0.15, 0.2) is 85.1 Å². The minimum absolute atomic E-state index is 0.113. The molecule has 0 amide bonds. The highest BCUT2D eigenvalue weighted by Gasteiger charge is 2.19. The van der Waals surface area contributed by atoms with Crippen molar-refractivity contribution in [3.8, 4) is 0 Å². The van der Waals surface area contributed by atoms with Crippen molar-refractivity contribution < 1.29 is 28.6 Å². The molecule has 0 rings (SSSR count). The third-order valence-electron chi connectivity index (χ3n) is 11.9. The van der Waals surface area contributed by atoms with Crippen molar-refractivity contribution in [3.63, 3.8) is 0 Å². The van der Waals surface area contributed by atoms with Crippen LogP contribution >= 0.6 is 0 Å². The van der Waals surface area contributed by atoms with E-state index in [4.69, 9.17) is 14.2 Å². The van der Waals surface area contributed by atoms with Crippen molar-refractivity contribution >= 4 is 17.9 Å². The Kier molecular flexibility index (Phi) is 52.4. The summed E-state index contributed by atoms with van der Waals surface area (Å²) in [6, 6.07) is 0. The van der Waals surface area contributed by atoms with Gasteiger partial charge in [0.2, 0.25) is 0 Å². The molecule has 0 fully saturated rings. The van der Waals surface area contributed by atoms with Gasteiger partial charge in [0, 0.05) is 19.3 Å². The molecule has 0 aliphatic carbocycles. The molecule has 0 bridgehead atoms. The SMILES string of the molecule is CC/C=C\C/C=C\C/C=C\C/C=C\CCC(=O)OC(COC(=O)CCCCC/C=C\C/C=C\C/C=C\CC)COC(=O)CCCCCCCCCCCCCCCCCCCCCCCCC. The van der Waals surface area contributed by atoms with Crippen LogP contribution in [0.4, 0.5) is 0 Å². The van der Waals surface area contributed by atoms with Crippen molar-refractivity contribution in [3.05, 3.63) is 85.1 Å². The first-order valence-corrected chi connectivity index (χ1v) is 28.1. The van der Waals surface area contributed by atoms with Crippen molar-refractivity contribution in [2.45, 2.75) is 271 Å². The van der Waals surface area contributed by atoms with Gasteiger partial charge in [-0.05, 0) is 77.0 Å². The zero-order chi connectivity index (χ0) is 48.6. The summed E-state index contributed by atoms with van der Waals surface area (Å²) in [4.78, 5) is 38.0. The number of allylic oxidation sites excluding steroid dienone is 14. The molecule has 0 aromatic heterocycles. The first kappa shape index (κ1) is 63.6. The number of ether oxygens (including phenoxy) is 3. The summed E-state index contributed by atoms with van der Waals surface area (Å²) in [7, 11) is 0.